The average molecular weight is 312 g/mol. The highest BCUT2D eigenvalue weighted by Gasteiger charge is 2.19. The molecule has 0 aliphatic rings. The number of carboxylic acids is 1. The smallest absolute Gasteiger partial charge is 0.311 e. The number of benzene rings is 2. The predicted molar refractivity (Wildman–Crippen MR) is 92.2 cm³/mol. The molecule has 1 N–H and O–H groups in total. The summed E-state index contributed by atoms with van der Waals surface area (Å²) in [6.45, 7) is 6.64. The van der Waals surface area contributed by atoms with E-state index in [1.165, 1.54) is 5.56 Å². The molecular formula is C20H24O3. The number of carbonyl (C=O) groups is 1. The van der Waals surface area contributed by atoms with Crippen molar-refractivity contribution in [2.45, 2.75) is 39.0 Å². The molecule has 0 saturated heterocycles. The molecule has 3 heteroatoms. The topological polar surface area (TPSA) is 46.5 Å². The molecular weight excluding hydrogens is 288 g/mol. The van der Waals surface area contributed by atoms with Crippen LogP contribution < -0.4 is 4.74 Å². The zero-order chi connectivity index (χ0) is 16.8. The van der Waals surface area contributed by atoms with E-state index in [-0.39, 0.29) is 0 Å². The van der Waals surface area contributed by atoms with Crippen LogP contribution in [0.15, 0.2) is 48.5 Å². The summed E-state index contributed by atoms with van der Waals surface area (Å²) in [7, 11) is 0. The third-order valence-corrected chi connectivity index (χ3v) is 3.98. The second kappa shape index (κ2) is 7.82. The lowest BCUT2D eigenvalue weighted by Crippen LogP contribution is -2.15. The quantitative estimate of drug-likeness (QED) is 0.802. The van der Waals surface area contributed by atoms with E-state index in [2.05, 4.69) is 19.9 Å². The van der Waals surface area contributed by atoms with Crippen LogP contribution in [0.3, 0.4) is 0 Å². The maximum absolute atomic E-state index is 11.5. The molecule has 0 aliphatic heterocycles. The molecule has 0 aliphatic carbocycles. The van der Waals surface area contributed by atoms with Crippen molar-refractivity contribution in [3.05, 3.63) is 65.2 Å². The number of ether oxygens (including phenoxy) is 1. The molecule has 2 aromatic rings. The van der Waals surface area contributed by atoms with Gasteiger partial charge in [-0.25, -0.2) is 0 Å². The first kappa shape index (κ1) is 17.1. The lowest BCUT2D eigenvalue weighted by Gasteiger charge is -2.14. The van der Waals surface area contributed by atoms with Gasteiger partial charge in [0.05, 0.1) is 12.5 Å². The molecule has 0 fully saturated rings. The van der Waals surface area contributed by atoms with Gasteiger partial charge in [-0.15, -0.1) is 0 Å². The van der Waals surface area contributed by atoms with E-state index in [1.54, 1.807) is 0 Å². The van der Waals surface area contributed by atoms with Gasteiger partial charge in [0.1, 0.15) is 5.75 Å². The van der Waals surface area contributed by atoms with Crippen molar-refractivity contribution in [3.63, 3.8) is 0 Å². The van der Waals surface area contributed by atoms with Crippen molar-refractivity contribution < 1.29 is 14.6 Å². The van der Waals surface area contributed by atoms with E-state index in [9.17, 15) is 9.90 Å². The van der Waals surface area contributed by atoms with Crippen LogP contribution in [-0.4, -0.2) is 17.7 Å². The van der Waals surface area contributed by atoms with Crippen molar-refractivity contribution in [3.8, 4) is 5.75 Å². The summed E-state index contributed by atoms with van der Waals surface area (Å²) in [4.78, 5) is 11.5. The molecule has 0 heterocycles. The Hall–Kier alpha value is -2.29. The Kier molecular flexibility index (Phi) is 5.80. The number of hydrogen-bond acceptors (Lipinski definition) is 2. The SMILES string of the molecule is Cc1ccc(C(CCOc2cccc(C(C)C)c2)C(=O)O)cc1. The number of hydrogen-bond donors (Lipinski definition) is 1. The third kappa shape index (κ3) is 4.85. The highest BCUT2D eigenvalue weighted by atomic mass is 16.5. The summed E-state index contributed by atoms with van der Waals surface area (Å²) in [6, 6.07) is 15.6. The molecule has 2 aromatic carbocycles. The van der Waals surface area contributed by atoms with E-state index < -0.39 is 11.9 Å². The molecule has 1 atom stereocenters. The van der Waals surface area contributed by atoms with Gasteiger partial charge >= 0.3 is 5.97 Å². The second-order valence-corrected chi connectivity index (χ2v) is 6.17. The molecule has 0 bridgehead atoms. The molecule has 23 heavy (non-hydrogen) atoms. The Morgan fingerprint density at radius 2 is 1.78 bits per heavy atom. The van der Waals surface area contributed by atoms with E-state index in [0.717, 1.165) is 16.9 Å². The molecule has 0 amide bonds. The Morgan fingerprint density at radius 1 is 1.09 bits per heavy atom. The minimum absolute atomic E-state index is 0.381. The van der Waals surface area contributed by atoms with Gasteiger partial charge < -0.3 is 9.84 Å². The van der Waals surface area contributed by atoms with Crippen molar-refractivity contribution in [2.24, 2.45) is 0 Å². The summed E-state index contributed by atoms with van der Waals surface area (Å²) >= 11 is 0. The van der Waals surface area contributed by atoms with Gasteiger partial charge in [-0.1, -0.05) is 55.8 Å². The molecule has 122 valence electrons. The monoisotopic (exact) mass is 312 g/mol. The molecule has 1 unspecified atom stereocenters. The van der Waals surface area contributed by atoms with Crippen molar-refractivity contribution in [1.82, 2.24) is 0 Å². The van der Waals surface area contributed by atoms with Crippen molar-refractivity contribution >= 4 is 5.97 Å². The number of carboxylic acid groups (broad SMARTS) is 1. The normalized spacial score (nSPS) is 12.2. The Labute approximate surface area is 137 Å². The average Bonchev–Trinajstić information content (AvgIpc) is 2.52. The molecule has 0 spiro atoms. The first-order valence-electron chi connectivity index (χ1n) is 7.99. The van der Waals surface area contributed by atoms with E-state index in [0.29, 0.717) is 18.9 Å². The second-order valence-electron chi connectivity index (χ2n) is 6.17. The lowest BCUT2D eigenvalue weighted by atomic mass is 9.95. The van der Waals surface area contributed by atoms with Crippen molar-refractivity contribution in [1.29, 1.82) is 0 Å². The molecule has 2 rings (SSSR count). The summed E-state index contributed by atoms with van der Waals surface area (Å²) in [5, 5.41) is 9.45. The maximum Gasteiger partial charge on any atom is 0.311 e. The summed E-state index contributed by atoms with van der Waals surface area (Å²) < 4.78 is 5.76. The standard InChI is InChI=1S/C20H24O3/c1-14(2)17-5-4-6-18(13-17)23-12-11-19(20(21)22)16-9-7-15(3)8-10-16/h4-10,13-14,19H,11-12H2,1-3H3,(H,21,22). The molecule has 0 aromatic heterocycles. The number of aliphatic carboxylic acids is 1. The van der Waals surface area contributed by atoms with Crippen molar-refractivity contribution in [2.75, 3.05) is 6.61 Å². The predicted octanol–water partition coefficient (Wildman–Crippen LogP) is 4.76. The molecule has 0 radical (unpaired) electrons. The summed E-state index contributed by atoms with van der Waals surface area (Å²) in [5.74, 6) is -0.112. The maximum atomic E-state index is 11.5. The van der Waals surface area contributed by atoms with Gasteiger partial charge in [0, 0.05) is 0 Å². The van der Waals surface area contributed by atoms with Gasteiger partial charge in [0.2, 0.25) is 0 Å². The van der Waals surface area contributed by atoms with Gasteiger partial charge in [-0.3, -0.25) is 4.79 Å². The minimum atomic E-state index is -0.812. The van der Waals surface area contributed by atoms with Gasteiger partial charge in [0.25, 0.3) is 0 Å². The van der Waals surface area contributed by atoms with Crippen LogP contribution in [0, 0.1) is 6.92 Å². The molecule has 3 nitrogen and oxygen atoms in total. The zero-order valence-corrected chi connectivity index (χ0v) is 14.0. The minimum Gasteiger partial charge on any atom is -0.494 e. The Morgan fingerprint density at radius 3 is 2.39 bits per heavy atom. The highest BCUT2D eigenvalue weighted by molar-refractivity contribution is 5.76. The third-order valence-electron chi connectivity index (χ3n) is 3.98. The van der Waals surface area contributed by atoms with E-state index in [1.807, 2.05) is 49.4 Å². The van der Waals surface area contributed by atoms with Crippen LogP contribution >= 0.6 is 0 Å². The first-order valence-corrected chi connectivity index (χ1v) is 7.99. The Balaban J connectivity index is 1.98. The highest BCUT2D eigenvalue weighted by Crippen LogP contribution is 2.23. The van der Waals surface area contributed by atoms with Gasteiger partial charge in [0.15, 0.2) is 0 Å². The van der Waals surface area contributed by atoms with Crippen LogP contribution in [0.2, 0.25) is 0 Å². The Bertz CT molecular complexity index is 644. The van der Waals surface area contributed by atoms with Crippen LogP contribution in [0.1, 0.15) is 48.8 Å². The van der Waals surface area contributed by atoms with Crippen LogP contribution in [0.25, 0.3) is 0 Å². The van der Waals surface area contributed by atoms with Crippen LogP contribution in [0.5, 0.6) is 5.75 Å². The fourth-order valence-corrected chi connectivity index (χ4v) is 2.49. The fourth-order valence-electron chi connectivity index (χ4n) is 2.49. The zero-order valence-electron chi connectivity index (χ0n) is 14.0. The summed E-state index contributed by atoms with van der Waals surface area (Å²) in [6.07, 6.45) is 0.449. The van der Waals surface area contributed by atoms with Gasteiger partial charge in [-0.05, 0) is 42.5 Å². The van der Waals surface area contributed by atoms with Crippen LogP contribution in [0.4, 0.5) is 0 Å². The number of rotatable bonds is 7. The largest absolute Gasteiger partial charge is 0.494 e. The molecule has 0 saturated carbocycles. The van der Waals surface area contributed by atoms with Crippen LogP contribution in [-0.2, 0) is 4.79 Å². The first-order chi connectivity index (χ1) is 11.0. The number of aryl methyl sites for hydroxylation is 1. The summed E-state index contributed by atoms with van der Waals surface area (Å²) in [5.41, 5.74) is 3.16. The fraction of sp³-hybridized carbons (Fsp3) is 0.350. The lowest BCUT2D eigenvalue weighted by molar-refractivity contribution is -0.139. The van der Waals surface area contributed by atoms with E-state index >= 15 is 0 Å². The van der Waals surface area contributed by atoms with E-state index in [4.69, 9.17) is 4.74 Å². The van der Waals surface area contributed by atoms with Gasteiger partial charge in [-0.2, -0.15) is 0 Å².